The third kappa shape index (κ3) is 3.12. The SMILES string of the molecule is COc1ccc(C#N)cc1CN1[C@H](CO)CCC[C@@H]1C. The van der Waals surface area contributed by atoms with Crippen LogP contribution in [0, 0.1) is 11.3 Å². The van der Waals surface area contributed by atoms with Crippen LogP contribution in [0.2, 0.25) is 0 Å². The van der Waals surface area contributed by atoms with Crippen molar-refractivity contribution in [2.24, 2.45) is 0 Å². The molecule has 0 saturated carbocycles. The summed E-state index contributed by atoms with van der Waals surface area (Å²) in [5, 5.41) is 18.6. The highest BCUT2D eigenvalue weighted by Gasteiger charge is 2.28. The van der Waals surface area contributed by atoms with Crippen LogP contribution in [0.5, 0.6) is 5.75 Å². The molecule has 0 aliphatic carbocycles. The number of aliphatic hydroxyl groups is 1. The molecular weight excluding hydrogens is 252 g/mol. The van der Waals surface area contributed by atoms with Crippen molar-refractivity contribution in [3.63, 3.8) is 0 Å². The first-order valence-corrected chi connectivity index (χ1v) is 7.13. The molecule has 2 atom stereocenters. The predicted octanol–water partition coefficient (Wildman–Crippen LogP) is 2.30. The molecule has 108 valence electrons. The summed E-state index contributed by atoms with van der Waals surface area (Å²) < 4.78 is 5.39. The van der Waals surface area contributed by atoms with Crippen molar-refractivity contribution in [3.05, 3.63) is 29.3 Å². The Balaban J connectivity index is 2.25. The van der Waals surface area contributed by atoms with Crippen LogP contribution >= 0.6 is 0 Å². The predicted molar refractivity (Wildman–Crippen MR) is 77.4 cm³/mol. The minimum Gasteiger partial charge on any atom is -0.496 e. The van der Waals surface area contributed by atoms with E-state index in [-0.39, 0.29) is 12.6 Å². The Morgan fingerprint density at radius 1 is 1.45 bits per heavy atom. The molecule has 1 fully saturated rings. The van der Waals surface area contributed by atoms with Gasteiger partial charge in [0.25, 0.3) is 0 Å². The first-order chi connectivity index (χ1) is 9.69. The molecule has 0 spiro atoms. The van der Waals surface area contributed by atoms with Crippen LogP contribution in [-0.2, 0) is 6.54 Å². The highest BCUT2D eigenvalue weighted by atomic mass is 16.5. The van der Waals surface area contributed by atoms with Crippen molar-refractivity contribution in [2.45, 2.75) is 44.8 Å². The van der Waals surface area contributed by atoms with E-state index in [1.54, 1.807) is 13.2 Å². The third-order valence-electron chi connectivity index (χ3n) is 4.17. The molecule has 2 rings (SSSR count). The van der Waals surface area contributed by atoms with Crippen LogP contribution < -0.4 is 4.74 Å². The summed E-state index contributed by atoms with van der Waals surface area (Å²) in [7, 11) is 1.65. The molecule has 1 heterocycles. The van der Waals surface area contributed by atoms with E-state index in [1.165, 1.54) is 0 Å². The Bertz CT molecular complexity index is 496. The number of ether oxygens (including phenoxy) is 1. The fourth-order valence-corrected chi connectivity index (χ4v) is 2.99. The van der Waals surface area contributed by atoms with Crippen LogP contribution in [-0.4, -0.2) is 35.8 Å². The summed E-state index contributed by atoms with van der Waals surface area (Å²) in [6, 6.07) is 8.31. The summed E-state index contributed by atoms with van der Waals surface area (Å²) in [6.45, 7) is 3.10. The van der Waals surface area contributed by atoms with E-state index in [9.17, 15) is 5.11 Å². The molecule has 1 N–H and O–H groups in total. The number of benzene rings is 1. The van der Waals surface area contributed by atoms with Gasteiger partial charge in [0, 0.05) is 24.2 Å². The molecule has 1 aromatic carbocycles. The van der Waals surface area contributed by atoms with Crippen molar-refractivity contribution < 1.29 is 9.84 Å². The van der Waals surface area contributed by atoms with E-state index in [2.05, 4.69) is 17.9 Å². The smallest absolute Gasteiger partial charge is 0.123 e. The molecule has 20 heavy (non-hydrogen) atoms. The van der Waals surface area contributed by atoms with Gasteiger partial charge in [0.2, 0.25) is 0 Å². The van der Waals surface area contributed by atoms with E-state index in [1.807, 2.05) is 12.1 Å². The van der Waals surface area contributed by atoms with E-state index >= 15 is 0 Å². The van der Waals surface area contributed by atoms with Gasteiger partial charge in [0.1, 0.15) is 5.75 Å². The quantitative estimate of drug-likeness (QED) is 0.915. The molecule has 0 radical (unpaired) electrons. The van der Waals surface area contributed by atoms with E-state index in [0.29, 0.717) is 18.2 Å². The maximum Gasteiger partial charge on any atom is 0.123 e. The molecule has 1 aliphatic rings. The number of aliphatic hydroxyl groups excluding tert-OH is 1. The Kier molecular flexibility index (Phi) is 4.99. The molecule has 1 saturated heterocycles. The first-order valence-electron chi connectivity index (χ1n) is 7.13. The minimum absolute atomic E-state index is 0.185. The summed E-state index contributed by atoms with van der Waals surface area (Å²) >= 11 is 0. The van der Waals surface area contributed by atoms with Crippen molar-refractivity contribution in [2.75, 3.05) is 13.7 Å². The van der Waals surface area contributed by atoms with E-state index in [4.69, 9.17) is 10.00 Å². The highest BCUT2D eigenvalue weighted by Crippen LogP contribution is 2.28. The van der Waals surface area contributed by atoms with Crippen molar-refractivity contribution in [1.29, 1.82) is 5.26 Å². The Labute approximate surface area is 120 Å². The Hall–Kier alpha value is -1.57. The van der Waals surface area contributed by atoms with Gasteiger partial charge in [-0.25, -0.2) is 0 Å². The van der Waals surface area contributed by atoms with Gasteiger partial charge in [0.05, 0.1) is 25.3 Å². The van der Waals surface area contributed by atoms with Crippen LogP contribution in [0.1, 0.15) is 37.3 Å². The topological polar surface area (TPSA) is 56.5 Å². The fraction of sp³-hybridized carbons (Fsp3) is 0.562. The average molecular weight is 274 g/mol. The second kappa shape index (κ2) is 6.74. The van der Waals surface area contributed by atoms with E-state index in [0.717, 1.165) is 30.6 Å². The number of hydrogen-bond acceptors (Lipinski definition) is 4. The zero-order valence-electron chi connectivity index (χ0n) is 12.2. The molecule has 4 nitrogen and oxygen atoms in total. The molecule has 4 heteroatoms. The van der Waals surface area contributed by atoms with Gasteiger partial charge in [-0.15, -0.1) is 0 Å². The van der Waals surface area contributed by atoms with Gasteiger partial charge >= 0.3 is 0 Å². The normalized spacial score (nSPS) is 23.3. The standard InChI is InChI=1S/C16H22N2O2/c1-12-4-3-5-15(11-19)18(12)10-14-8-13(9-17)6-7-16(14)20-2/h6-8,12,15,19H,3-5,10-11H2,1-2H3/t12-,15-/m0/s1. The lowest BCUT2D eigenvalue weighted by atomic mass is 9.95. The van der Waals surface area contributed by atoms with Gasteiger partial charge in [0.15, 0.2) is 0 Å². The number of nitriles is 1. The summed E-state index contributed by atoms with van der Waals surface area (Å²) in [4.78, 5) is 2.32. The van der Waals surface area contributed by atoms with Crippen molar-refractivity contribution in [1.82, 2.24) is 4.90 Å². The summed E-state index contributed by atoms with van der Waals surface area (Å²) in [6.07, 6.45) is 3.34. The largest absolute Gasteiger partial charge is 0.496 e. The molecule has 0 bridgehead atoms. The van der Waals surface area contributed by atoms with Crippen LogP contribution in [0.3, 0.4) is 0 Å². The first kappa shape index (κ1) is 14.8. The van der Waals surface area contributed by atoms with Crippen LogP contribution in [0.4, 0.5) is 0 Å². The lowest BCUT2D eigenvalue weighted by Crippen LogP contribution is -2.46. The lowest BCUT2D eigenvalue weighted by molar-refractivity contribution is 0.0446. The number of likely N-dealkylation sites (tertiary alicyclic amines) is 1. The molecule has 1 aromatic rings. The Morgan fingerprint density at radius 3 is 2.90 bits per heavy atom. The Morgan fingerprint density at radius 2 is 2.25 bits per heavy atom. The lowest BCUT2D eigenvalue weighted by Gasteiger charge is -2.40. The molecule has 1 aliphatic heterocycles. The molecular formula is C16H22N2O2. The van der Waals surface area contributed by atoms with Gasteiger partial charge in [-0.2, -0.15) is 5.26 Å². The van der Waals surface area contributed by atoms with Crippen LogP contribution in [0.15, 0.2) is 18.2 Å². The van der Waals surface area contributed by atoms with Crippen molar-refractivity contribution in [3.8, 4) is 11.8 Å². The maximum absolute atomic E-state index is 9.56. The summed E-state index contributed by atoms with van der Waals surface area (Å²) in [5.74, 6) is 0.804. The molecule has 0 unspecified atom stereocenters. The van der Waals surface area contributed by atoms with E-state index < -0.39 is 0 Å². The highest BCUT2D eigenvalue weighted by molar-refractivity contribution is 5.42. The van der Waals surface area contributed by atoms with Gasteiger partial charge in [-0.05, 0) is 38.0 Å². The van der Waals surface area contributed by atoms with Gasteiger partial charge in [-0.3, -0.25) is 4.90 Å². The van der Waals surface area contributed by atoms with Gasteiger partial charge < -0.3 is 9.84 Å². The zero-order chi connectivity index (χ0) is 14.5. The number of rotatable bonds is 4. The number of hydrogen-bond donors (Lipinski definition) is 1. The van der Waals surface area contributed by atoms with Crippen LogP contribution in [0.25, 0.3) is 0 Å². The second-order valence-corrected chi connectivity index (χ2v) is 5.43. The van der Waals surface area contributed by atoms with Gasteiger partial charge in [-0.1, -0.05) is 6.42 Å². The van der Waals surface area contributed by atoms with Crippen molar-refractivity contribution >= 4 is 0 Å². The monoisotopic (exact) mass is 274 g/mol. The number of nitrogens with zero attached hydrogens (tertiary/aromatic N) is 2. The zero-order valence-corrected chi connectivity index (χ0v) is 12.2. The second-order valence-electron chi connectivity index (χ2n) is 5.43. The maximum atomic E-state index is 9.56. The summed E-state index contributed by atoms with van der Waals surface area (Å²) in [5.41, 5.74) is 1.66. The molecule has 0 aromatic heterocycles. The molecule has 0 amide bonds. The fourth-order valence-electron chi connectivity index (χ4n) is 2.99. The third-order valence-corrected chi connectivity index (χ3v) is 4.17. The number of methoxy groups -OCH3 is 1. The minimum atomic E-state index is 0.185. The average Bonchev–Trinajstić information content (AvgIpc) is 2.49. The number of piperidine rings is 1.